The van der Waals surface area contributed by atoms with Crippen molar-refractivity contribution in [3.8, 4) is 0 Å². The van der Waals surface area contributed by atoms with Gasteiger partial charge in [0.25, 0.3) is 5.91 Å². The third-order valence-electron chi connectivity index (χ3n) is 3.30. The number of benzene rings is 1. The molecule has 2 rings (SSSR count). The summed E-state index contributed by atoms with van der Waals surface area (Å²) in [5.74, 6) is -2.49. The highest BCUT2D eigenvalue weighted by Gasteiger charge is 2.33. The summed E-state index contributed by atoms with van der Waals surface area (Å²) in [6.07, 6.45) is -4.29. The summed E-state index contributed by atoms with van der Waals surface area (Å²) in [5, 5.41) is 0. The van der Waals surface area contributed by atoms with E-state index in [1.807, 2.05) is 0 Å². The predicted molar refractivity (Wildman–Crippen MR) is 72.5 cm³/mol. The number of piperazine rings is 1. The SMILES string of the molecule is O=C(c1cc(Br)c(F)cc1F)N1CCN(CC(F)(F)F)CC1. The maximum Gasteiger partial charge on any atom is 0.401 e. The van der Waals surface area contributed by atoms with Gasteiger partial charge in [0.2, 0.25) is 0 Å². The first-order valence-corrected chi connectivity index (χ1v) is 7.19. The number of hydrogen-bond donors (Lipinski definition) is 0. The van der Waals surface area contributed by atoms with Crippen molar-refractivity contribution in [3.63, 3.8) is 0 Å². The molecule has 0 N–H and O–H groups in total. The molecule has 0 atom stereocenters. The molecule has 1 fully saturated rings. The van der Waals surface area contributed by atoms with Crippen LogP contribution in [-0.4, -0.2) is 54.6 Å². The molecular weight excluding hydrogens is 375 g/mol. The lowest BCUT2D eigenvalue weighted by atomic mass is 10.1. The van der Waals surface area contributed by atoms with Gasteiger partial charge in [0.05, 0.1) is 16.6 Å². The first-order chi connectivity index (χ1) is 10.2. The monoisotopic (exact) mass is 386 g/mol. The number of carbonyl (C=O) groups excluding carboxylic acids is 1. The molecule has 3 nitrogen and oxygen atoms in total. The number of hydrogen-bond acceptors (Lipinski definition) is 2. The van der Waals surface area contributed by atoms with E-state index >= 15 is 0 Å². The van der Waals surface area contributed by atoms with E-state index in [1.54, 1.807) is 0 Å². The van der Waals surface area contributed by atoms with Crippen molar-refractivity contribution in [2.45, 2.75) is 6.18 Å². The molecule has 0 aromatic heterocycles. The number of alkyl halides is 3. The molecule has 0 radical (unpaired) electrons. The maximum absolute atomic E-state index is 13.7. The van der Waals surface area contributed by atoms with Gasteiger partial charge in [0.1, 0.15) is 11.6 Å². The summed E-state index contributed by atoms with van der Waals surface area (Å²) in [5.41, 5.74) is -0.308. The van der Waals surface area contributed by atoms with Crippen molar-refractivity contribution >= 4 is 21.8 Å². The fraction of sp³-hybridized carbons (Fsp3) is 0.462. The van der Waals surface area contributed by atoms with E-state index in [-0.39, 0.29) is 36.2 Å². The summed E-state index contributed by atoms with van der Waals surface area (Å²) >= 11 is 2.87. The average Bonchev–Trinajstić information content (AvgIpc) is 2.41. The van der Waals surface area contributed by atoms with Gasteiger partial charge in [-0.1, -0.05) is 0 Å². The summed E-state index contributed by atoms with van der Waals surface area (Å²) in [7, 11) is 0. The van der Waals surface area contributed by atoms with Crippen LogP contribution in [0.2, 0.25) is 0 Å². The molecule has 0 saturated carbocycles. The summed E-state index contributed by atoms with van der Waals surface area (Å²) in [4.78, 5) is 14.6. The number of rotatable bonds is 2. The lowest BCUT2D eigenvalue weighted by molar-refractivity contribution is -0.148. The smallest absolute Gasteiger partial charge is 0.336 e. The minimum absolute atomic E-state index is 0.0482. The summed E-state index contributed by atoms with van der Waals surface area (Å²) < 4.78 is 63.6. The van der Waals surface area contributed by atoms with Gasteiger partial charge in [-0.3, -0.25) is 9.69 Å². The Morgan fingerprint density at radius 1 is 1.09 bits per heavy atom. The predicted octanol–water partition coefficient (Wildman–Crippen LogP) is 3.05. The van der Waals surface area contributed by atoms with Crippen molar-refractivity contribution in [1.82, 2.24) is 9.80 Å². The van der Waals surface area contributed by atoms with Gasteiger partial charge in [-0.05, 0) is 22.0 Å². The quantitative estimate of drug-likeness (QED) is 0.576. The first-order valence-electron chi connectivity index (χ1n) is 6.40. The highest BCUT2D eigenvalue weighted by atomic mass is 79.9. The summed E-state index contributed by atoms with van der Waals surface area (Å²) in [6.45, 7) is -0.817. The molecule has 9 heteroatoms. The van der Waals surface area contributed by atoms with Gasteiger partial charge in [-0.2, -0.15) is 13.2 Å². The molecule has 0 spiro atoms. The number of carbonyl (C=O) groups is 1. The minimum atomic E-state index is -4.29. The van der Waals surface area contributed by atoms with Crippen LogP contribution < -0.4 is 0 Å². The first kappa shape index (κ1) is 17.1. The zero-order chi connectivity index (χ0) is 16.5. The van der Waals surface area contributed by atoms with Crippen LogP contribution in [0.15, 0.2) is 16.6 Å². The molecule has 0 unspecified atom stereocenters. The van der Waals surface area contributed by atoms with Crippen LogP contribution in [0.3, 0.4) is 0 Å². The Morgan fingerprint density at radius 2 is 1.68 bits per heavy atom. The van der Waals surface area contributed by atoms with Crippen LogP contribution in [0.1, 0.15) is 10.4 Å². The molecule has 122 valence electrons. The molecule has 1 aliphatic rings. The second kappa shape index (κ2) is 6.49. The van der Waals surface area contributed by atoms with Gasteiger partial charge in [-0.25, -0.2) is 8.78 Å². The lowest BCUT2D eigenvalue weighted by Gasteiger charge is -2.35. The maximum atomic E-state index is 13.7. The van der Waals surface area contributed by atoms with Gasteiger partial charge in [-0.15, -0.1) is 0 Å². The van der Waals surface area contributed by atoms with E-state index in [2.05, 4.69) is 15.9 Å². The Balaban J connectivity index is 2.03. The molecular formula is C13H12BrF5N2O. The minimum Gasteiger partial charge on any atom is -0.336 e. The van der Waals surface area contributed by atoms with E-state index in [1.165, 1.54) is 9.80 Å². The lowest BCUT2D eigenvalue weighted by Crippen LogP contribution is -2.51. The Labute approximate surface area is 131 Å². The largest absolute Gasteiger partial charge is 0.401 e. The summed E-state index contributed by atoms with van der Waals surface area (Å²) in [6, 6.07) is 1.63. The Kier molecular flexibility index (Phi) is 5.06. The van der Waals surface area contributed by atoms with Crippen molar-refractivity contribution in [1.29, 1.82) is 0 Å². The molecule has 1 aliphatic heterocycles. The molecule has 0 bridgehead atoms. The van der Waals surface area contributed by atoms with Crippen molar-refractivity contribution < 1.29 is 26.7 Å². The van der Waals surface area contributed by atoms with Gasteiger partial charge >= 0.3 is 6.18 Å². The van der Waals surface area contributed by atoms with Gasteiger partial charge < -0.3 is 4.90 Å². The van der Waals surface area contributed by atoms with Crippen molar-refractivity contribution in [2.24, 2.45) is 0 Å². The highest BCUT2D eigenvalue weighted by molar-refractivity contribution is 9.10. The van der Waals surface area contributed by atoms with E-state index in [4.69, 9.17) is 0 Å². The van der Waals surface area contributed by atoms with Crippen LogP contribution >= 0.6 is 15.9 Å². The highest BCUT2D eigenvalue weighted by Crippen LogP contribution is 2.22. The zero-order valence-corrected chi connectivity index (χ0v) is 12.8. The topological polar surface area (TPSA) is 23.6 Å². The van der Waals surface area contributed by atoms with Crippen LogP contribution in [0.4, 0.5) is 22.0 Å². The Hall–Kier alpha value is -1.22. The van der Waals surface area contributed by atoms with E-state index in [0.717, 1.165) is 6.07 Å². The van der Waals surface area contributed by atoms with Crippen LogP contribution in [0.25, 0.3) is 0 Å². The molecule has 1 aromatic carbocycles. The fourth-order valence-electron chi connectivity index (χ4n) is 2.22. The standard InChI is InChI=1S/C13H12BrF5N2O/c14-9-5-8(10(15)6-11(9)16)12(22)21-3-1-20(2-4-21)7-13(17,18)19/h5-6H,1-4,7H2. The zero-order valence-electron chi connectivity index (χ0n) is 11.3. The molecule has 1 aromatic rings. The van der Waals surface area contributed by atoms with Gasteiger partial charge in [0.15, 0.2) is 0 Å². The number of halogens is 6. The molecule has 1 saturated heterocycles. The normalized spacial score (nSPS) is 16.9. The average molecular weight is 387 g/mol. The molecule has 22 heavy (non-hydrogen) atoms. The number of amides is 1. The third kappa shape index (κ3) is 4.16. The van der Waals surface area contributed by atoms with Crippen LogP contribution in [0.5, 0.6) is 0 Å². The third-order valence-corrected chi connectivity index (χ3v) is 3.91. The second-order valence-corrected chi connectivity index (χ2v) is 5.78. The van der Waals surface area contributed by atoms with Crippen LogP contribution in [-0.2, 0) is 0 Å². The van der Waals surface area contributed by atoms with E-state index in [9.17, 15) is 26.7 Å². The van der Waals surface area contributed by atoms with Crippen molar-refractivity contribution in [2.75, 3.05) is 32.7 Å². The second-order valence-electron chi connectivity index (χ2n) is 4.93. The van der Waals surface area contributed by atoms with E-state index < -0.39 is 30.3 Å². The van der Waals surface area contributed by atoms with Crippen LogP contribution in [0, 0.1) is 11.6 Å². The molecule has 1 heterocycles. The van der Waals surface area contributed by atoms with Gasteiger partial charge in [0, 0.05) is 32.2 Å². The molecule has 0 aliphatic carbocycles. The van der Waals surface area contributed by atoms with E-state index in [0.29, 0.717) is 6.07 Å². The Bertz CT molecular complexity index is 570. The fourth-order valence-corrected chi connectivity index (χ4v) is 2.56. The Morgan fingerprint density at radius 3 is 2.23 bits per heavy atom. The van der Waals surface area contributed by atoms with Crippen molar-refractivity contribution in [3.05, 3.63) is 33.8 Å². The number of nitrogens with zero attached hydrogens (tertiary/aromatic N) is 2. The molecule has 1 amide bonds.